The number of alkyl halides is 15. The van der Waals surface area contributed by atoms with Crippen molar-refractivity contribution in [2.24, 2.45) is 0 Å². The maximum Gasteiger partial charge on any atom is 0.458 e. The molecule has 18 heteroatoms. The van der Waals surface area contributed by atoms with Crippen LogP contribution >= 0.6 is 0 Å². The molecule has 2 nitrogen and oxygen atoms in total. The van der Waals surface area contributed by atoms with Crippen LogP contribution in [0.15, 0.2) is 0 Å². The van der Waals surface area contributed by atoms with Gasteiger partial charge in [-0.05, 0) is 0 Å². The second kappa shape index (κ2) is 7.31. The fraction of sp³-hybridized carbons (Fsp3) is 0.429. The summed E-state index contributed by atoms with van der Waals surface area (Å²) in [4.78, 5) is 0. The zero-order valence-corrected chi connectivity index (χ0v) is 13.9. The molecule has 0 heterocycles. The summed E-state index contributed by atoms with van der Waals surface area (Å²) in [5.41, 5.74) is -19.0. The van der Waals surface area contributed by atoms with E-state index in [1.165, 1.54) is 0 Å². The van der Waals surface area contributed by atoms with Crippen molar-refractivity contribution in [3.05, 3.63) is 33.6 Å². The van der Waals surface area contributed by atoms with Gasteiger partial charge in [-0.2, -0.15) is 76.4 Å². The minimum absolute atomic E-state index is 0.0348. The van der Waals surface area contributed by atoms with Crippen LogP contribution in [0, 0.1) is 28.5 Å². The second-order valence-corrected chi connectivity index (χ2v) is 5.63. The fourth-order valence-electron chi connectivity index (χ4n) is 2.30. The Hall–Kier alpha value is -2.92. The molecule has 0 unspecified atom stereocenters. The normalized spacial score (nSPS) is 14.2. The molecule has 0 aliphatic carbocycles. The van der Waals surface area contributed by atoms with Gasteiger partial charge in [-0.15, -0.1) is 0 Å². The van der Waals surface area contributed by atoms with Crippen LogP contribution in [0.25, 0.3) is 0 Å². The highest BCUT2D eigenvalue weighted by Crippen LogP contribution is 2.58. The van der Waals surface area contributed by atoms with Crippen LogP contribution in [0.3, 0.4) is 0 Å². The monoisotopic (exact) mass is 500 g/mol. The molecule has 1 rings (SSSR count). The third-order valence-corrected chi connectivity index (χ3v) is 3.67. The van der Waals surface area contributed by atoms with Crippen LogP contribution < -0.4 is 0 Å². The molecule has 32 heavy (non-hydrogen) atoms. The van der Waals surface area contributed by atoms with Gasteiger partial charge in [-0.3, -0.25) is 0 Å². The Balaban J connectivity index is 4.76. The third-order valence-electron chi connectivity index (χ3n) is 3.67. The molecule has 0 saturated carbocycles. The van der Waals surface area contributed by atoms with Gasteiger partial charge in [0.1, 0.15) is 12.1 Å². The van der Waals surface area contributed by atoms with Crippen molar-refractivity contribution in [2.75, 3.05) is 0 Å². The van der Waals surface area contributed by atoms with Gasteiger partial charge in [0.2, 0.25) is 0 Å². The summed E-state index contributed by atoms with van der Waals surface area (Å²) in [5.74, 6) is -25.1. The Kier molecular flexibility index (Phi) is 6.19. The lowest BCUT2D eigenvalue weighted by atomic mass is 9.82. The maximum absolute atomic E-state index is 14.1. The topological polar surface area (TPSA) is 47.6 Å². The molecule has 1 aromatic carbocycles. The van der Waals surface area contributed by atoms with E-state index in [1.54, 1.807) is 0 Å². The van der Waals surface area contributed by atoms with Crippen molar-refractivity contribution in [3.63, 3.8) is 0 Å². The third kappa shape index (κ3) is 3.75. The number of rotatable bonds is 3. The molecule has 0 aliphatic heterocycles. The Morgan fingerprint density at radius 2 is 0.656 bits per heavy atom. The Morgan fingerprint density at radius 3 is 0.844 bits per heavy atom. The lowest BCUT2D eigenvalue weighted by Gasteiger charge is -2.33. The molecule has 0 aromatic heterocycles. The number of benzene rings is 1. The number of hydrogen-bond donors (Lipinski definition) is 0. The van der Waals surface area contributed by atoms with Crippen molar-refractivity contribution in [1.29, 1.82) is 10.5 Å². The number of nitriles is 2. The highest BCUT2D eigenvalue weighted by atomic mass is 19.4. The van der Waals surface area contributed by atoms with Gasteiger partial charge in [0.15, 0.2) is 5.82 Å². The van der Waals surface area contributed by atoms with E-state index in [2.05, 4.69) is 0 Å². The number of halogens is 16. The summed E-state index contributed by atoms with van der Waals surface area (Å²) in [5, 5.41) is 17.1. The van der Waals surface area contributed by atoms with Crippen LogP contribution in [-0.4, -0.2) is 18.5 Å². The van der Waals surface area contributed by atoms with Crippen molar-refractivity contribution < 1.29 is 70.2 Å². The van der Waals surface area contributed by atoms with Gasteiger partial charge in [-0.25, -0.2) is 4.39 Å². The second-order valence-electron chi connectivity index (χ2n) is 5.63. The molecule has 0 N–H and O–H groups in total. The zero-order valence-electron chi connectivity index (χ0n) is 13.9. The van der Waals surface area contributed by atoms with Gasteiger partial charge in [0.25, 0.3) is 0 Å². The smallest absolute Gasteiger partial charge is 0.204 e. The van der Waals surface area contributed by atoms with Gasteiger partial charge in [-0.1, -0.05) is 0 Å². The van der Waals surface area contributed by atoms with Gasteiger partial charge >= 0.3 is 36.3 Å². The first-order chi connectivity index (χ1) is 13.9. The van der Waals surface area contributed by atoms with Gasteiger partial charge in [0, 0.05) is 0 Å². The van der Waals surface area contributed by atoms with Crippen LogP contribution in [0.2, 0.25) is 0 Å². The molecule has 0 spiro atoms. The molecule has 0 atom stereocenters. The lowest BCUT2D eigenvalue weighted by molar-refractivity contribution is -0.308. The molecule has 0 bridgehead atoms. The summed E-state index contributed by atoms with van der Waals surface area (Å²) in [7, 11) is 0. The van der Waals surface area contributed by atoms with E-state index in [4.69, 9.17) is 10.5 Å². The lowest BCUT2D eigenvalue weighted by Crippen LogP contribution is -2.45. The van der Waals surface area contributed by atoms with Crippen molar-refractivity contribution in [2.45, 2.75) is 36.3 Å². The molecule has 1 aromatic rings. The predicted molar refractivity (Wildman–Crippen MR) is 65.7 cm³/mol. The standard InChI is InChI=1S/C14F16N2/c15-8-3(1-31)5(9(16,17)12(22,23)24)7(11(20,21)14(28,29)30)6(4(8)2-32)10(18,19)13(25,26)27. The van der Waals surface area contributed by atoms with E-state index in [0.717, 1.165) is 0 Å². The molecule has 0 aliphatic rings. The average molecular weight is 500 g/mol. The molecule has 0 saturated heterocycles. The molecule has 0 amide bonds. The maximum atomic E-state index is 14.1. The van der Waals surface area contributed by atoms with Crippen LogP contribution in [0.5, 0.6) is 0 Å². The first-order valence-corrected chi connectivity index (χ1v) is 6.97. The molecular formula is C14F16N2. The average Bonchev–Trinajstić information content (AvgIpc) is 2.57. The summed E-state index contributed by atoms with van der Waals surface area (Å²) < 4.78 is 212. The van der Waals surface area contributed by atoms with E-state index >= 15 is 0 Å². The molecule has 0 radical (unpaired) electrons. The number of hydrogen-bond acceptors (Lipinski definition) is 2. The van der Waals surface area contributed by atoms with Crippen molar-refractivity contribution in [1.82, 2.24) is 0 Å². The minimum Gasteiger partial charge on any atom is -0.204 e. The van der Waals surface area contributed by atoms with Crippen LogP contribution in [0.1, 0.15) is 27.8 Å². The van der Waals surface area contributed by atoms with E-state index in [0.29, 0.717) is 0 Å². The first-order valence-electron chi connectivity index (χ1n) is 6.97. The first kappa shape index (κ1) is 27.1. The molecule has 178 valence electrons. The highest BCUT2D eigenvalue weighted by molar-refractivity contribution is 5.61. The fourth-order valence-corrected chi connectivity index (χ4v) is 2.30. The van der Waals surface area contributed by atoms with E-state index < -0.39 is 69.9 Å². The Morgan fingerprint density at radius 1 is 0.438 bits per heavy atom. The summed E-state index contributed by atoms with van der Waals surface area (Å²) in [6, 6.07) is -0.0696. The van der Waals surface area contributed by atoms with E-state index in [9.17, 15) is 70.2 Å². The molecular weight excluding hydrogens is 500 g/mol. The van der Waals surface area contributed by atoms with Gasteiger partial charge < -0.3 is 0 Å². The quantitative estimate of drug-likeness (QED) is 0.444. The van der Waals surface area contributed by atoms with E-state index in [1.807, 2.05) is 0 Å². The Labute approximate surface area is 164 Å². The number of nitrogens with zero attached hydrogens (tertiary/aromatic N) is 2. The minimum atomic E-state index is -7.43. The zero-order chi connectivity index (χ0) is 25.9. The van der Waals surface area contributed by atoms with Gasteiger partial charge in [0.05, 0.1) is 27.8 Å². The summed E-state index contributed by atoms with van der Waals surface area (Å²) in [6.07, 6.45) is -22.0. The summed E-state index contributed by atoms with van der Waals surface area (Å²) >= 11 is 0. The van der Waals surface area contributed by atoms with Crippen molar-refractivity contribution >= 4 is 0 Å². The Bertz CT molecular complexity index is 931. The SMILES string of the molecule is N#Cc1c(F)c(C#N)c(C(F)(F)C(F)(F)F)c(C(F)(F)C(F)(F)F)c1C(F)(F)C(F)(F)F. The van der Waals surface area contributed by atoms with Crippen LogP contribution in [-0.2, 0) is 17.8 Å². The van der Waals surface area contributed by atoms with Crippen molar-refractivity contribution in [3.8, 4) is 12.1 Å². The van der Waals surface area contributed by atoms with Crippen LogP contribution in [0.4, 0.5) is 70.2 Å². The molecule has 0 fully saturated rings. The van der Waals surface area contributed by atoms with E-state index in [-0.39, 0.29) is 12.1 Å². The predicted octanol–water partition coefficient (Wildman–Crippen LogP) is 6.53. The highest BCUT2D eigenvalue weighted by Gasteiger charge is 2.72. The summed E-state index contributed by atoms with van der Waals surface area (Å²) in [6.45, 7) is 0. The largest absolute Gasteiger partial charge is 0.458 e.